The fraction of sp³-hybridized carbons (Fsp3) is 0.391. The molecule has 4 aliphatic rings. The van der Waals surface area contributed by atoms with Crippen LogP contribution in [0, 0.1) is 0 Å². The topological polar surface area (TPSA) is 0 Å². The van der Waals surface area contributed by atoms with Crippen LogP contribution in [0.3, 0.4) is 0 Å². The van der Waals surface area contributed by atoms with Gasteiger partial charge in [0.2, 0.25) is 0 Å². The van der Waals surface area contributed by atoms with E-state index in [9.17, 15) is 0 Å². The van der Waals surface area contributed by atoms with Gasteiger partial charge in [0, 0.05) is 0 Å². The molecule has 10 heteroatoms. The van der Waals surface area contributed by atoms with Crippen LogP contribution >= 0.6 is 0 Å². The van der Waals surface area contributed by atoms with Gasteiger partial charge < -0.3 is 24.8 Å². The van der Waals surface area contributed by atoms with Crippen molar-refractivity contribution in [1.82, 2.24) is 0 Å². The van der Waals surface area contributed by atoms with Gasteiger partial charge in [-0.3, -0.25) is 0 Å². The van der Waals surface area contributed by atoms with Crippen LogP contribution in [0.4, 0.5) is 0 Å². The standard InChI is InChI=1S/4C8H13Si.2C7H9Si.2ClH.2Hf/c4*1-9(2,3)8-6-4-5-7-8;2*1-8-7-5-3-2-4-6-7;;;;/h4*6-7H,4H2,1-3H3;2*2-6,8H,1H3;2*1H;;/q;;;;;;;;2*+1/p-2. The zero-order valence-corrected chi connectivity index (χ0v) is 52.1. The monoisotopic (exact) mass is 1220 g/mol. The van der Waals surface area contributed by atoms with Crippen molar-refractivity contribution < 1.29 is 66.0 Å². The number of allylic oxidation sites excluding steroid dienone is 16. The summed E-state index contributed by atoms with van der Waals surface area (Å²) in [6.07, 6.45) is 26.3. The van der Waals surface area contributed by atoms with E-state index in [4.69, 9.17) is 0 Å². The number of hydrogen-bond donors (Lipinski definition) is 0. The third-order valence-corrected chi connectivity index (χ3v) is 77.6. The van der Waals surface area contributed by atoms with Gasteiger partial charge in [-0.2, -0.15) is 0 Å². The van der Waals surface area contributed by atoms with E-state index in [0.717, 1.165) is 0 Å². The maximum atomic E-state index is 2.70. The quantitative estimate of drug-likeness (QED) is 0.226. The molecule has 0 bridgehead atoms. The number of hydrogen-bond acceptors (Lipinski definition) is 0. The van der Waals surface area contributed by atoms with E-state index in [1.54, 1.807) is 31.2 Å². The fourth-order valence-corrected chi connectivity index (χ4v) is 74.1. The molecule has 4 aliphatic carbocycles. The molecule has 0 spiro atoms. The molecule has 0 aliphatic heterocycles. The van der Waals surface area contributed by atoms with Crippen LogP contribution in [0.5, 0.6) is 0 Å². The van der Waals surface area contributed by atoms with Crippen molar-refractivity contribution in [3.63, 3.8) is 0 Å². The van der Waals surface area contributed by atoms with Gasteiger partial charge in [-0.1, -0.05) is 0 Å². The summed E-state index contributed by atoms with van der Waals surface area (Å²) in [6, 6.07) is 23.1. The van der Waals surface area contributed by atoms with Gasteiger partial charge in [0.1, 0.15) is 0 Å². The van der Waals surface area contributed by atoms with E-state index in [1.807, 2.05) is 13.3 Å². The minimum absolute atomic E-state index is 0. The summed E-state index contributed by atoms with van der Waals surface area (Å²) in [5, 5.41) is 10.3. The first-order chi connectivity index (χ1) is 25.1. The van der Waals surface area contributed by atoms with Gasteiger partial charge >= 0.3 is 357 Å². The Hall–Kier alpha value is -0.0184. The molecule has 2 atom stereocenters. The van der Waals surface area contributed by atoms with Crippen LogP contribution in [0.25, 0.3) is 0 Å². The molecule has 0 saturated heterocycles. The van der Waals surface area contributed by atoms with Gasteiger partial charge in [0.05, 0.1) is 0 Å². The van der Waals surface area contributed by atoms with Crippen LogP contribution < -0.4 is 35.2 Å². The molecule has 0 N–H and O–H groups in total. The van der Waals surface area contributed by atoms with Gasteiger partial charge in [0.25, 0.3) is 0 Å². The minimum atomic E-state index is -2.01. The Labute approximate surface area is 377 Å². The maximum absolute atomic E-state index is 2.70. The van der Waals surface area contributed by atoms with Crippen molar-refractivity contribution in [2.45, 2.75) is 117 Å². The van der Waals surface area contributed by atoms with Crippen molar-refractivity contribution >= 4 is 54.6 Å². The fourth-order valence-electron chi connectivity index (χ4n) is 8.29. The molecule has 2 aromatic carbocycles. The summed E-state index contributed by atoms with van der Waals surface area (Å²) in [5.41, 5.74) is 0. The molecule has 0 nitrogen and oxygen atoms in total. The summed E-state index contributed by atoms with van der Waals surface area (Å²) >= 11 is -4.02. The SMILES string of the molecule is C[SiH](c1ccccc1)[Hf+]([C]1=CC([Si](C)(C)C)=CC1)[C]1=CC([Si](C)(C)C)=CC1.C[SiH](c1ccccc1)[Hf+]([C]1=CC([Si](C)(C)C)=CC1)[C]1=CC([Si](C)(C)C)=CC1.[Cl-].[Cl-]. The third-order valence-electron chi connectivity index (χ3n) is 11.8. The molecule has 2 aromatic rings. The Morgan fingerprint density at radius 2 is 0.589 bits per heavy atom. The van der Waals surface area contributed by atoms with Gasteiger partial charge in [-0.05, 0) is 0 Å². The first kappa shape index (κ1) is 50.3. The summed E-state index contributed by atoms with van der Waals surface area (Å²) in [6.45, 7) is 35.3. The maximum Gasteiger partial charge on any atom is -1.00 e. The van der Waals surface area contributed by atoms with Gasteiger partial charge in [-0.15, -0.1) is 0 Å². The van der Waals surface area contributed by atoms with Gasteiger partial charge in [0.15, 0.2) is 0 Å². The normalized spacial score (nSPS) is 18.0. The van der Waals surface area contributed by atoms with Crippen molar-refractivity contribution in [2.24, 2.45) is 0 Å². The van der Waals surface area contributed by atoms with Crippen LogP contribution in [-0.2, 0) is 41.2 Å². The Bertz CT molecular complexity index is 1690. The van der Waals surface area contributed by atoms with Crippen LogP contribution in [-0.4, -0.2) is 44.3 Å². The van der Waals surface area contributed by atoms with Crippen LogP contribution in [0.1, 0.15) is 25.7 Å². The zero-order chi connectivity index (χ0) is 39.6. The number of rotatable bonds is 12. The van der Waals surface area contributed by atoms with E-state index in [-0.39, 0.29) is 24.8 Å². The zero-order valence-electron chi connectivity index (χ0n) is 37.1. The minimum Gasteiger partial charge on any atom is -1.00 e. The number of benzene rings is 2. The molecule has 0 heterocycles. The predicted molar refractivity (Wildman–Crippen MR) is 255 cm³/mol. The largest absolute Gasteiger partial charge is 1.00 e. The molecule has 0 amide bonds. The molecule has 6 rings (SSSR count). The van der Waals surface area contributed by atoms with Crippen LogP contribution in [0.15, 0.2) is 143 Å². The average Bonchev–Trinajstić information content (AvgIpc) is 3.92. The third kappa shape index (κ3) is 13.0. The second-order valence-electron chi connectivity index (χ2n) is 20.2. The van der Waals surface area contributed by atoms with Gasteiger partial charge in [-0.25, -0.2) is 0 Å². The summed E-state index contributed by atoms with van der Waals surface area (Å²) in [4.78, 5) is 0. The summed E-state index contributed by atoms with van der Waals surface area (Å²) in [5.74, 6) is -1.81. The molecular formula is C46H70Cl2Hf2Si6. The van der Waals surface area contributed by atoms with E-state index >= 15 is 0 Å². The van der Waals surface area contributed by atoms with E-state index < -0.39 is 85.5 Å². The Morgan fingerprint density at radius 3 is 0.768 bits per heavy atom. The molecule has 0 radical (unpaired) electrons. The molecule has 0 saturated carbocycles. The first-order valence-corrected chi connectivity index (χ1v) is 58.9. The van der Waals surface area contributed by atoms with Crippen molar-refractivity contribution in [1.29, 1.82) is 0 Å². The molecule has 300 valence electrons. The average molecular weight is 1220 g/mol. The van der Waals surface area contributed by atoms with E-state index in [0.29, 0.717) is 0 Å². The smallest absolute Gasteiger partial charge is 1.00 e. The van der Waals surface area contributed by atoms with Crippen molar-refractivity contribution in [3.05, 3.63) is 143 Å². The van der Waals surface area contributed by atoms with E-state index in [2.05, 4.69) is 201 Å². The van der Waals surface area contributed by atoms with Crippen molar-refractivity contribution in [2.75, 3.05) is 0 Å². The summed E-state index contributed by atoms with van der Waals surface area (Å²) in [7, 11) is -4.80. The Kier molecular flexibility index (Phi) is 18.6. The second-order valence-corrected chi connectivity index (χ2v) is 88.0. The summed E-state index contributed by atoms with van der Waals surface area (Å²) < 4.78 is 7.66. The first-order valence-electron chi connectivity index (χ1n) is 20.6. The van der Waals surface area contributed by atoms with E-state index in [1.165, 1.54) is 25.7 Å². The second kappa shape index (κ2) is 20.7. The Morgan fingerprint density at radius 1 is 0.375 bits per heavy atom. The van der Waals surface area contributed by atoms with Crippen molar-refractivity contribution in [3.8, 4) is 0 Å². The molecule has 0 fully saturated rings. The Balaban J connectivity index is 0.000000290. The molecule has 0 aromatic heterocycles. The molecule has 56 heavy (non-hydrogen) atoms. The molecule has 2 unspecified atom stereocenters. The molecular weight excluding hydrogens is 1150 g/mol. The van der Waals surface area contributed by atoms with Crippen LogP contribution in [0.2, 0.25) is 91.7 Å². The predicted octanol–water partition coefficient (Wildman–Crippen LogP) is 6.10. The number of halogens is 2.